The highest BCUT2D eigenvalue weighted by Gasteiger charge is 2.18. The van der Waals surface area contributed by atoms with Crippen LogP contribution in [0.4, 0.5) is 5.69 Å². The molecule has 2 N–H and O–H groups in total. The largest absolute Gasteiger partial charge is 0.446 e. The number of anilines is 1. The first kappa shape index (κ1) is 12.2. The van der Waals surface area contributed by atoms with Crippen LogP contribution in [0.25, 0.3) is 5.69 Å². The van der Waals surface area contributed by atoms with Gasteiger partial charge in [-0.15, -0.1) is 0 Å². The molecule has 1 aromatic carbocycles. The summed E-state index contributed by atoms with van der Waals surface area (Å²) in [4.78, 5) is 23.0. The molecule has 0 bridgehead atoms. The lowest BCUT2D eigenvalue weighted by Crippen LogP contribution is -2.14. The summed E-state index contributed by atoms with van der Waals surface area (Å²) in [6.45, 7) is 7.38. The maximum absolute atomic E-state index is 11.1. The summed E-state index contributed by atoms with van der Waals surface area (Å²) in [5, 5.41) is 0. The van der Waals surface area contributed by atoms with Crippen LogP contribution < -0.4 is 17.0 Å². The van der Waals surface area contributed by atoms with Crippen LogP contribution in [-0.4, -0.2) is 4.91 Å². The molecule has 1 heterocycles. The summed E-state index contributed by atoms with van der Waals surface area (Å²) in [5.74, 6) is 0. The molecule has 0 aliphatic heterocycles. The quantitative estimate of drug-likeness (QED) is 0.606. The van der Waals surface area contributed by atoms with E-state index in [4.69, 9.17) is 14.8 Å². The van der Waals surface area contributed by atoms with Gasteiger partial charge in [0.05, 0.1) is 0 Å². The number of rotatable bonds is 1. The SMILES string of the molecule is Cc1c(C)c(-n2oc(=O)c(=O)o2)c(C)c(C)c1N. The third kappa shape index (κ3) is 1.57. The van der Waals surface area contributed by atoms with E-state index in [1.807, 2.05) is 27.7 Å². The van der Waals surface area contributed by atoms with E-state index in [-0.39, 0.29) is 0 Å². The summed E-state index contributed by atoms with van der Waals surface area (Å²) in [6, 6.07) is 0. The van der Waals surface area contributed by atoms with Gasteiger partial charge in [0.25, 0.3) is 0 Å². The van der Waals surface area contributed by atoms with Gasteiger partial charge in [0.1, 0.15) is 5.69 Å². The molecule has 6 nitrogen and oxygen atoms in total. The first-order chi connectivity index (χ1) is 8.34. The average Bonchev–Trinajstić information content (AvgIpc) is 2.64. The maximum atomic E-state index is 11.1. The van der Waals surface area contributed by atoms with E-state index in [1.165, 1.54) is 0 Å². The summed E-state index contributed by atoms with van der Waals surface area (Å²) in [5.41, 5.74) is 8.49. The van der Waals surface area contributed by atoms with E-state index < -0.39 is 11.3 Å². The van der Waals surface area contributed by atoms with E-state index in [0.717, 1.165) is 27.2 Å². The minimum atomic E-state index is -1.03. The Labute approximate surface area is 103 Å². The van der Waals surface area contributed by atoms with Crippen molar-refractivity contribution >= 4 is 5.69 Å². The second-order valence-electron chi connectivity index (χ2n) is 4.28. The van der Waals surface area contributed by atoms with Crippen molar-refractivity contribution in [3.63, 3.8) is 0 Å². The molecule has 6 heteroatoms. The van der Waals surface area contributed by atoms with Gasteiger partial charge in [0.2, 0.25) is 0 Å². The fourth-order valence-electron chi connectivity index (χ4n) is 1.93. The Balaban J connectivity index is 2.87. The summed E-state index contributed by atoms with van der Waals surface area (Å²) >= 11 is 0. The smallest absolute Gasteiger partial charge is 0.398 e. The lowest BCUT2D eigenvalue weighted by molar-refractivity contribution is 0.139. The molecule has 1 aromatic heterocycles. The van der Waals surface area contributed by atoms with Gasteiger partial charge in [0.15, 0.2) is 0 Å². The number of nitrogens with two attached hydrogens (primary N) is 1. The molecule has 0 fully saturated rings. The third-order valence-corrected chi connectivity index (χ3v) is 3.32. The van der Waals surface area contributed by atoms with Crippen LogP contribution in [0.2, 0.25) is 0 Å². The van der Waals surface area contributed by atoms with Crippen LogP contribution in [0.15, 0.2) is 18.6 Å². The van der Waals surface area contributed by atoms with Gasteiger partial charge < -0.3 is 5.73 Å². The van der Waals surface area contributed by atoms with Gasteiger partial charge in [-0.3, -0.25) is 9.05 Å². The second-order valence-corrected chi connectivity index (χ2v) is 4.28. The molecule has 0 unspecified atom stereocenters. The van der Waals surface area contributed by atoms with E-state index in [2.05, 4.69) is 0 Å². The fourth-order valence-corrected chi connectivity index (χ4v) is 1.93. The molecule has 2 rings (SSSR count). The van der Waals surface area contributed by atoms with E-state index >= 15 is 0 Å². The highest BCUT2D eigenvalue weighted by atomic mass is 16.7. The number of benzene rings is 1. The first-order valence-electron chi connectivity index (χ1n) is 5.44. The van der Waals surface area contributed by atoms with Crippen LogP contribution in [0.3, 0.4) is 0 Å². The fraction of sp³-hybridized carbons (Fsp3) is 0.333. The van der Waals surface area contributed by atoms with Gasteiger partial charge >= 0.3 is 11.3 Å². The zero-order chi connectivity index (χ0) is 13.6. The molecule has 2 aromatic rings. The molecule has 0 aliphatic carbocycles. The highest BCUT2D eigenvalue weighted by Crippen LogP contribution is 2.30. The molecule has 96 valence electrons. The van der Waals surface area contributed by atoms with Crippen LogP contribution >= 0.6 is 0 Å². The average molecular weight is 250 g/mol. The summed E-state index contributed by atoms with van der Waals surface area (Å²) < 4.78 is 9.51. The molecule has 0 amide bonds. The molecule has 0 radical (unpaired) electrons. The van der Waals surface area contributed by atoms with Crippen molar-refractivity contribution in [3.05, 3.63) is 43.1 Å². The Hall–Kier alpha value is -2.24. The molecule has 0 atom stereocenters. The zero-order valence-electron chi connectivity index (χ0n) is 10.7. The van der Waals surface area contributed by atoms with Gasteiger partial charge in [0, 0.05) is 5.69 Å². The van der Waals surface area contributed by atoms with Gasteiger partial charge in [-0.25, -0.2) is 9.59 Å². The Kier molecular flexibility index (Phi) is 2.65. The Morgan fingerprint density at radius 2 is 1.22 bits per heavy atom. The zero-order valence-corrected chi connectivity index (χ0v) is 10.7. The van der Waals surface area contributed by atoms with Crippen molar-refractivity contribution in [2.45, 2.75) is 27.7 Å². The minimum Gasteiger partial charge on any atom is -0.398 e. The van der Waals surface area contributed by atoms with Crippen molar-refractivity contribution in [1.82, 2.24) is 4.91 Å². The van der Waals surface area contributed by atoms with Crippen molar-refractivity contribution in [1.29, 1.82) is 0 Å². The second kappa shape index (κ2) is 3.90. The van der Waals surface area contributed by atoms with Crippen LogP contribution in [-0.2, 0) is 0 Å². The Bertz CT molecular complexity index is 677. The van der Waals surface area contributed by atoms with Crippen molar-refractivity contribution in [2.24, 2.45) is 0 Å². The monoisotopic (exact) mass is 250 g/mol. The summed E-state index contributed by atoms with van der Waals surface area (Å²) in [7, 11) is 0. The lowest BCUT2D eigenvalue weighted by atomic mass is 9.96. The van der Waals surface area contributed by atoms with Gasteiger partial charge in [-0.2, -0.15) is 0 Å². The molecule has 0 saturated carbocycles. The molecule has 0 saturated heterocycles. The van der Waals surface area contributed by atoms with Crippen molar-refractivity contribution in [3.8, 4) is 5.69 Å². The topological polar surface area (TPSA) is 91.4 Å². The van der Waals surface area contributed by atoms with E-state index in [0.29, 0.717) is 11.4 Å². The molecule has 0 spiro atoms. The standard InChI is InChI=1S/C12H14N2O4/c1-5-7(3)10(8(4)6(2)9(5)13)14-17-11(15)12(16)18-14/h13H2,1-4H3. The van der Waals surface area contributed by atoms with Crippen LogP contribution in [0.5, 0.6) is 0 Å². The predicted molar refractivity (Wildman–Crippen MR) is 66.2 cm³/mol. The third-order valence-electron chi connectivity index (χ3n) is 3.32. The van der Waals surface area contributed by atoms with Gasteiger partial charge in [-0.1, -0.05) is 0 Å². The van der Waals surface area contributed by atoms with E-state index in [9.17, 15) is 9.59 Å². The highest BCUT2D eigenvalue weighted by molar-refractivity contribution is 5.66. The Morgan fingerprint density at radius 3 is 1.61 bits per heavy atom. The number of nitrogen functional groups attached to an aromatic ring is 1. The van der Waals surface area contributed by atoms with Crippen molar-refractivity contribution in [2.75, 3.05) is 5.73 Å². The molecular formula is C12H14N2O4. The van der Waals surface area contributed by atoms with Crippen molar-refractivity contribution < 1.29 is 9.05 Å². The Morgan fingerprint density at radius 1 is 0.833 bits per heavy atom. The number of hydrogen-bond donors (Lipinski definition) is 1. The summed E-state index contributed by atoms with van der Waals surface area (Å²) in [6.07, 6.45) is 0. The van der Waals surface area contributed by atoms with E-state index in [1.54, 1.807) is 0 Å². The lowest BCUT2D eigenvalue weighted by Gasteiger charge is -2.15. The molecular weight excluding hydrogens is 236 g/mol. The number of hydrogen-bond acceptors (Lipinski definition) is 5. The number of nitrogens with zero attached hydrogens (tertiary/aromatic N) is 1. The maximum Gasteiger partial charge on any atom is 0.446 e. The first-order valence-corrected chi connectivity index (χ1v) is 5.44. The van der Waals surface area contributed by atoms with Crippen LogP contribution in [0, 0.1) is 27.7 Å². The normalized spacial score (nSPS) is 10.9. The molecule has 18 heavy (non-hydrogen) atoms. The number of aromatic nitrogens is 1. The van der Waals surface area contributed by atoms with Gasteiger partial charge in [-0.05, 0) is 54.9 Å². The minimum absolute atomic E-state index is 0.540. The molecule has 0 aliphatic rings. The predicted octanol–water partition coefficient (Wildman–Crippen LogP) is 1.20. The van der Waals surface area contributed by atoms with Crippen LogP contribution in [0.1, 0.15) is 22.3 Å².